The summed E-state index contributed by atoms with van der Waals surface area (Å²) in [6.07, 6.45) is 16.6. The molecule has 0 amide bonds. The summed E-state index contributed by atoms with van der Waals surface area (Å²) in [5.74, 6) is 0.943. The molecule has 0 atom stereocenters. The van der Waals surface area contributed by atoms with Crippen molar-refractivity contribution >= 4 is 17.6 Å². The van der Waals surface area contributed by atoms with Gasteiger partial charge in [0.25, 0.3) is 0 Å². The van der Waals surface area contributed by atoms with E-state index in [1.165, 1.54) is 64.0 Å². The molecule has 0 fully saturated rings. The van der Waals surface area contributed by atoms with Gasteiger partial charge in [0.1, 0.15) is 0 Å². The first kappa shape index (κ1) is 15.4. The van der Waals surface area contributed by atoms with Crippen molar-refractivity contribution in [3.63, 3.8) is 0 Å². The van der Waals surface area contributed by atoms with Crippen LogP contribution in [-0.2, 0) is 0 Å². The predicted octanol–water partition coefficient (Wildman–Crippen LogP) is 5.50. The van der Waals surface area contributed by atoms with E-state index in [-0.39, 0.29) is 0 Å². The Morgan fingerprint density at radius 2 is 1.20 bits per heavy atom. The first-order valence-electron chi connectivity index (χ1n) is 6.87. The molecule has 0 saturated heterocycles. The number of rotatable bonds is 11. The van der Waals surface area contributed by atoms with Gasteiger partial charge in [-0.2, -0.15) is 0 Å². The zero-order valence-corrected chi connectivity index (χ0v) is 11.9. The summed E-state index contributed by atoms with van der Waals surface area (Å²) in [5, 5.41) is 0. The molecule has 0 radical (unpaired) electrons. The van der Waals surface area contributed by atoms with Crippen LogP contribution < -0.4 is 0 Å². The van der Waals surface area contributed by atoms with Crippen molar-refractivity contribution in [3.8, 4) is 0 Å². The highest BCUT2D eigenvalue weighted by Crippen LogP contribution is 2.19. The minimum Gasteiger partial charge on any atom is -0.213 e. The Hall–Kier alpha value is 0.415. The Kier molecular flexibility index (Phi) is 12.8. The average Bonchev–Trinajstić information content (AvgIpc) is 2.27. The van der Waals surface area contributed by atoms with Crippen LogP contribution in [0.3, 0.4) is 0 Å². The Bertz CT molecular complexity index is 105. The summed E-state index contributed by atoms with van der Waals surface area (Å²) in [4.78, 5) is 0. The smallest absolute Gasteiger partial charge is 0.209 e. The van der Waals surface area contributed by atoms with Gasteiger partial charge < -0.3 is 0 Å². The van der Waals surface area contributed by atoms with Crippen molar-refractivity contribution in [2.45, 2.75) is 77.9 Å². The number of hydrogen-bond acceptors (Lipinski definition) is 1. The van der Waals surface area contributed by atoms with E-state index in [2.05, 4.69) is 31.7 Å². The molecule has 0 aliphatic rings. The topological polar surface area (TPSA) is 0 Å². The van der Waals surface area contributed by atoms with Crippen LogP contribution in [0.4, 0.5) is 0 Å². The van der Waals surface area contributed by atoms with E-state index in [0.29, 0.717) is 0 Å². The van der Waals surface area contributed by atoms with Crippen LogP contribution in [0.2, 0.25) is 12.6 Å². The van der Waals surface area contributed by atoms with E-state index in [0.717, 1.165) is 5.99 Å². The molecule has 0 saturated carbocycles. The number of hydrogen-bond donors (Lipinski definition) is 0. The summed E-state index contributed by atoms with van der Waals surface area (Å²) in [6.45, 7) is 4.58. The molecule has 0 aliphatic heterocycles. The fraction of sp³-hybridized carbons (Fsp3) is 1.00. The third-order valence-electron chi connectivity index (χ3n) is 3.09. The van der Waals surface area contributed by atoms with E-state index < -0.39 is 0 Å². The van der Waals surface area contributed by atoms with Gasteiger partial charge in [-0.05, 0) is 6.26 Å². The van der Waals surface area contributed by atoms with E-state index in [4.69, 9.17) is 0 Å². The van der Waals surface area contributed by atoms with Gasteiger partial charge in [0.2, 0.25) is 5.99 Å². The minimum absolute atomic E-state index is 0.943. The molecule has 0 nitrogen and oxygen atoms in total. The normalized spacial score (nSPS) is 10.6. The van der Waals surface area contributed by atoms with Crippen LogP contribution in [0.15, 0.2) is 0 Å². The molecule has 0 heterocycles. The molecule has 0 N–H and O–H groups in total. The first-order valence-corrected chi connectivity index (χ1v) is 8.16. The highest BCUT2D eigenvalue weighted by atomic mass is 32.2. The molecule has 90 valence electrons. The van der Waals surface area contributed by atoms with Gasteiger partial charge in [-0.3, -0.25) is 0 Å². The Morgan fingerprint density at radius 1 is 0.733 bits per heavy atom. The van der Waals surface area contributed by atoms with Crippen molar-refractivity contribution < 1.29 is 0 Å². The average molecular weight is 228 g/mol. The lowest BCUT2D eigenvalue weighted by molar-refractivity contribution is 0.688. The van der Waals surface area contributed by atoms with Crippen LogP contribution in [0.1, 0.15) is 65.2 Å². The third kappa shape index (κ3) is 10.7. The summed E-state index contributed by atoms with van der Waals surface area (Å²) in [7, 11) is 0. The van der Waals surface area contributed by atoms with Crippen LogP contribution in [-0.4, -0.2) is 12.2 Å². The zero-order valence-electron chi connectivity index (χ0n) is 11.1. The highest BCUT2D eigenvalue weighted by molar-refractivity contribution is 8.25. The van der Waals surface area contributed by atoms with Crippen LogP contribution in [0, 0.1) is 0 Å². The second-order valence-corrected chi connectivity index (χ2v) is 5.69. The molecule has 0 aromatic carbocycles. The lowest BCUT2D eigenvalue weighted by Gasteiger charge is -2.10. The van der Waals surface area contributed by atoms with Crippen LogP contribution in [0.5, 0.6) is 0 Å². The van der Waals surface area contributed by atoms with Crippen LogP contribution >= 0.6 is 11.6 Å². The first-order chi connectivity index (χ1) is 7.35. The molecule has 0 unspecified atom stereocenters. The highest BCUT2D eigenvalue weighted by Gasteiger charge is 2.10. The maximum atomic E-state index is 2.29. The molecule has 15 heavy (non-hydrogen) atoms. The predicted molar refractivity (Wildman–Crippen MR) is 77.2 cm³/mol. The van der Waals surface area contributed by atoms with Crippen molar-refractivity contribution in [2.75, 3.05) is 6.26 Å². The van der Waals surface area contributed by atoms with Crippen LogP contribution in [0.25, 0.3) is 0 Å². The number of unbranched alkanes of at least 4 members (excludes halogenated alkanes) is 6. The summed E-state index contributed by atoms with van der Waals surface area (Å²) in [6, 6.07) is 0. The van der Waals surface area contributed by atoms with Crippen molar-refractivity contribution in [1.82, 2.24) is 0 Å². The molecule has 0 rings (SSSR count). The third-order valence-corrected chi connectivity index (χ3v) is 4.23. The van der Waals surface area contributed by atoms with Gasteiger partial charge >= 0.3 is 0 Å². The maximum Gasteiger partial charge on any atom is 0.209 e. The van der Waals surface area contributed by atoms with Gasteiger partial charge in [0.15, 0.2) is 0 Å². The minimum atomic E-state index is 0.943. The van der Waals surface area contributed by atoms with Gasteiger partial charge in [-0.15, -0.1) is 0 Å². The molecular formula is C13H29BS. The lowest BCUT2D eigenvalue weighted by atomic mass is 9.66. The van der Waals surface area contributed by atoms with E-state index in [1.807, 2.05) is 0 Å². The molecule has 0 bridgehead atoms. The molecular weight excluding hydrogens is 199 g/mol. The van der Waals surface area contributed by atoms with E-state index in [9.17, 15) is 0 Å². The summed E-state index contributed by atoms with van der Waals surface area (Å²) < 4.78 is 0. The second kappa shape index (κ2) is 12.5. The molecule has 2 heteroatoms. The Morgan fingerprint density at radius 3 is 1.53 bits per heavy atom. The summed E-state index contributed by atoms with van der Waals surface area (Å²) in [5.41, 5.74) is 0. The quantitative estimate of drug-likeness (QED) is 0.332. The van der Waals surface area contributed by atoms with Crippen molar-refractivity contribution in [1.29, 1.82) is 0 Å². The second-order valence-electron chi connectivity index (χ2n) is 4.56. The van der Waals surface area contributed by atoms with Gasteiger partial charge in [0.05, 0.1) is 0 Å². The van der Waals surface area contributed by atoms with Gasteiger partial charge in [-0.25, -0.2) is 11.6 Å². The van der Waals surface area contributed by atoms with E-state index >= 15 is 0 Å². The Labute approximate surface area is 102 Å². The SMILES string of the molecule is CCCCCCB(CCCCCC)SC. The fourth-order valence-corrected chi connectivity index (χ4v) is 2.78. The van der Waals surface area contributed by atoms with Gasteiger partial charge in [-0.1, -0.05) is 77.9 Å². The lowest BCUT2D eigenvalue weighted by Crippen LogP contribution is -2.06. The van der Waals surface area contributed by atoms with E-state index in [1.54, 1.807) is 0 Å². The standard InChI is InChI=1S/C13H29BS/c1-4-6-8-10-12-14(15-3)13-11-9-7-5-2/h4-13H2,1-3H3. The molecule has 0 aliphatic carbocycles. The van der Waals surface area contributed by atoms with Crippen molar-refractivity contribution in [2.24, 2.45) is 0 Å². The largest absolute Gasteiger partial charge is 0.213 e. The van der Waals surface area contributed by atoms with Gasteiger partial charge in [0, 0.05) is 0 Å². The Balaban J connectivity index is 3.29. The zero-order chi connectivity index (χ0) is 11.4. The monoisotopic (exact) mass is 228 g/mol. The molecule has 0 aromatic rings. The van der Waals surface area contributed by atoms with Crippen molar-refractivity contribution in [3.05, 3.63) is 0 Å². The molecule has 0 spiro atoms. The fourth-order valence-electron chi connectivity index (χ4n) is 1.98. The molecule has 0 aromatic heterocycles. The maximum absolute atomic E-state index is 2.29. The summed E-state index contributed by atoms with van der Waals surface area (Å²) >= 11 is 2.09.